The molecule has 2 N–H and O–H groups in total. The van der Waals surface area contributed by atoms with Crippen LogP contribution >= 0.6 is 34.7 Å². The molecule has 0 spiro atoms. The third-order valence-electron chi connectivity index (χ3n) is 4.90. The second kappa shape index (κ2) is 8.97. The number of nitrogens with one attached hydrogen (secondary N) is 2. The minimum atomic E-state index is -0.280. The van der Waals surface area contributed by atoms with E-state index in [2.05, 4.69) is 20.2 Å². The zero-order valence-electron chi connectivity index (χ0n) is 16.6. The summed E-state index contributed by atoms with van der Waals surface area (Å²) in [4.78, 5) is 36.2. The first-order valence-corrected chi connectivity index (χ1v) is 12.0. The van der Waals surface area contributed by atoms with Gasteiger partial charge >= 0.3 is 0 Å². The molecule has 158 valence electrons. The number of aryl methyl sites for hydroxylation is 1. The first-order valence-electron chi connectivity index (χ1n) is 9.43. The highest BCUT2D eigenvalue weighted by atomic mass is 35.5. The molecule has 7 nitrogen and oxygen atoms in total. The molecule has 0 bridgehead atoms. The van der Waals surface area contributed by atoms with E-state index in [1.165, 1.54) is 11.3 Å². The molecule has 0 unspecified atom stereocenters. The lowest BCUT2D eigenvalue weighted by Crippen LogP contribution is -2.37. The number of nitrogens with zero attached hydrogens (tertiary/aromatic N) is 2. The van der Waals surface area contributed by atoms with E-state index in [-0.39, 0.29) is 11.5 Å². The van der Waals surface area contributed by atoms with Crippen LogP contribution in [0.3, 0.4) is 0 Å². The summed E-state index contributed by atoms with van der Waals surface area (Å²) in [6, 6.07) is 5.45. The van der Waals surface area contributed by atoms with Crippen LogP contribution in [0.5, 0.6) is 0 Å². The summed E-state index contributed by atoms with van der Waals surface area (Å²) in [5.41, 5.74) is 1.84. The molecule has 4 rings (SSSR count). The number of aromatic amines is 1. The number of carbonyl (C=O) groups is 1. The lowest BCUT2D eigenvalue weighted by molar-refractivity contribution is 0.103. The van der Waals surface area contributed by atoms with Gasteiger partial charge in [-0.1, -0.05) is 17.7 Å². The highest BCUT2D eigenvalue weighted by Crippen LogP contribution is 2.36. The molecular weight excluding hydrogens is 444 g/mol. The molecule has 1 aliphatic heterocycles. The van der Waals surface area contributed by atoms with E-state index in [0.29, 0.717) is 69.2 Å². The molecule has 0 radical (unpaired) electrons. The number of para-hydroxylation sites is 1. The van der Waals surface area contributed by atoms with Gasteiger partial charge in [-0.05, 0) is 30.9 Å². The molecule has 1 amide bonds. The highest BCUT2D eigenvalue weighted by Gasteiger charge is 2.23. The van der Waals surface area contributed by atoms with Crippen molar-refractivity contribution in [2.75, 3.05) is 42.8 Å². The molecule has 1 saturated heterocycles. The summed E-state index contributed by atoms with van der Waals surface area (Å²) in [7, 11) is 0. The van der Waals surface area contributed by atoms with E-state index < -0.39 is 0 Å². The minimum absolute atomic E-state index is 0.214. The number of aromatic nitrogens is 2. The van der Waals surface area contributed by atoms with Crippen LogP contribution in [0, 0.1) is 6.92 Å². The Morgan fingerprint density at radius 1 is 1.40 bits per heavy atom. The average Bonchev–Trinajstić information content (AvgIpc) is 3.06. The third kappa shape index (κ3) is 4.07. The number of hydrogen-bond donors (Lipinski definition) is 2. The topological polar surface area (TPSA) is 87.3 Å². The third-order valence-corrected chi connectivity index (χ3v) is 6.95. The molecule has 10 heteroatoms. The van der Waals surface area contributed by atoms with Gasteiger partial charge in [-0.15, -0.1) is 11.3 Å². The highest BCUT2D eigenvalue weighted by molar-refractivity contribution is 7.97. The Morgan fingerprint density at radius 3 is 2.90 bits per heavy atom. The van der Waals surface area contributed by atoms with E-state index >= 15 is 0 Å². The van der Waals surface area contributed by atoms with Crippen LogP contribution in [0.25, 0.3) is 10.2 Å². The molecule has 30 heavy (non-hydrogen) atoms. The van der Waals surface area contributed by atoms with Gasteiger partial charge in [-0.3, -0.25) is 9.59 Å². The fourth-order valence-corrected chi connectivity index (χ4v) is 5.31. The number of halogens is 1. The summed E-state index contributed by atoms with van der Waals surface area (Å²) in [6.45, 7) is 4.40. The summed E-state index contributed by atoms with van der Waals surface area (Å²) < 4.78 is 5.43. The Morgan fingerprint density at radius 2 is 2.17 bits per heavy atom. The molecule has 1 aromatic carbocycles. The van der Waals surface area contributed by atoms with Gasteiger partial charge in [0.1, 0.15) is 10.7 Å². The minimum Gasteiger partial charge on any atom is -0.378 e. The molecule has 0 atom stereocenters. The zero-order chi connectivity index (χ0) is 21.3. The lowest BCUT2D eigenvalue weighted by atomic mass is 10.2. The van der Waals surface area contributed by atoms with Crippen LogP contribution in [0.4, 0.5) is 11.4 Å². The maximum Gasteiger partial charge on any atom is 0.266 e. The van der Waals surface area contributed by atoms with E-state index in [4.69, 9.17) is 16.3 Å². The number of ether oxygens (including phenoxy) is 1. The summed E-state index contributed by atoms with van der Waals surface area (Å²) >= 11 is 9.27. The molecule has 2 aromatic heterocycles. The number of rotatable bonds is 5. The lowest BCUT2D eigenvalue weighted by Gasteiger charge is -2.31. The predicted octanol–water partition coefficient (Wildman–Crippen LogP) is 3.90. The number of morpholine rings is 1. The van der Waals surface area contributed by atoms with Crippen molar-refractivity contribution in [1.29, 1.82) is 0 Å². The zero-order valence-corrected chi connectivity index (χ0v) is 19.0. The fourth-order valence-electron chi connectivity index (χ4n) is 3.51. The van der Waals surface area contributed by atoms with Gasteiger partial charge < -0.3 is 19.9 Å². The van der Waals surface area contributed by atoms with Crippen molar-refractivity contribution in [1.82, 2.24) is 9.97 Å². The number of H-pyrrole nitrogens is 1. The monoisotopic (exact) mass is 464 g/mol. The van der Waals surface area contributed by atoms with Gasteiger partial charge in [0.25, 0.3) is 11.5 Å². The maximum atomic E-state index is 13.1. The first-order chi connectivity index (χ1) is 14.5. The fraction of sp³-hybridized carbons (Fsp3) is 0.350. The van der Waals surface area contributed by atoms with Crippen molar-refractivity contribution < 1.29 is 9.53 Å². The Labute approximate surface area is 186 Å². The van der Waals surface area contributed by atoms with Gasteiger partial charge in [0.05, 0.1) is 45.6 Å². The molecule has 3 heterocycles. The van der Waals surface area contributed by atoms with Crippen molar-refractivity contribution in [2.45, 2.75) is 12.7 Å². The molecule has 0 aliphatic carbocycles. The molecule has 1 aliphatic rings. The summed E-state index contributed by atoms with van der Waals surface area (Å²) in [5, 5.41) is 4.03. The number of anilines is 2. The van der Waals surface area contributed by atoms with Gasteiger partial charge in [-0.25, -0.2) is 4.98 Å². The van der Waals surface area contributed by atoms with Crippen LogP contribution < -0.4 is 15.8 Å². The first kappa shape index (κ1) is 21.2. The Kier molecular flexibility index (Phi) is 6.33. The summed E-state index contributed by atoms with van der Waals surface area (Å²) in [5.74, 6) is 0.936. The predicted molar refractivity (Wildman–Crippen MR) is 125 cm³/mol. The van der Waals surface area contributed by atoms with Crippen LogP contribution in [-0.2, 0) is 10.5 Å². The number of hydrogen-bond acceptors (Lipinski definition) is 7. The van der Waals surface area contributed by atoms with Crippen molar-refractivity contribution in [2.24, 2.45) is 0 Å². The molecule has 3 aromatic rings. The average molecular weight is 465 g/mol. The number of carbonyl (C=O) groups excluding carboxylic acids is 1. The van der Waals surface area contributed by atoms with E-state index in [1.54, 1.807) is 24.8 Å². The molecule has 1 fully saturated rings. The summed E-state index contributed by atoms with van der Waals surface area (Å²) in [6.07, 6.45) is 1.94. The van der Waals surface area contributed by atoms with Gasteiger partial charge in [0.2, 0.25) is 0 Å². The molecule has 0 saturated carbocycles. The largest absolute Gasteiger partial charge is 0.378 e. The Balaban J connectivity index is 1.69. The number of benzene rings is 1. The maximum absolute atomic E-state index is 13.1. The van der Waals surface area contributed by atoms with Crippen molar-refractivity contribution >= 4 is 62.2 Å². The SMILES string of the molecule is CSCc1nc2sc(C(=O)Nc3cccc(Cl)c3N3CCOCC3)c(C)c2c(=O)[nH]1. The van der Waals surface area contributed by atoms with E-state index in [9.17, 15) is 9.59 Å². The quantitative estimate of drug-likeness (QED) is 0.595. The number of thiophene rings is 1. The van der Waals surface area contributed by atoms with Crippen LogP contribution in [0.1, 0.15) is 21.1 Å². The van der Waals surface area contributed by atoms with Gasteiger partial charge in [0, 0.05) is 13.1 Å². The van der Waals surface area contributed by atoms with Crippen LogP contribution in [0.15, 0.2) is 23.0 Å². The van der Waals surface area contributed by atoms with Crippen LogP contribution in [0.2, 0.25) is 5.02 Å². The standard InChI is InChI=1S/C20H21ClN4O3S2/c1-11-15-18(26)23-14(10-29-2)24-20(15)30-17(11)19(27)22-13-5-3-4-12(21)16(13)25-6-8-28-9-7-25/h3-5H,6-10H2,1-2H3,(H,22,27)(H,23,24,26). The second-order valence-electron chi connectivity index (χ2n) is 6.87. The Bertz CT molecular complexity index is 1150. The Hall–Kier alpha value is -2.07. The molecular formula is C20H21ClN4O3S2. The van der Waals surface area contributed by atoms with Gasteiger partial charge in [0.15, 0.2) is 0 Å². The van der Waals surface area contributed by atoms with Crippen LogP contribution in [-0.4, -0.2) is 48.4 Å². The van der Waals surface area contributed by atoms with E-state index in [1.807, 2.05) is 18.4 Å². The van der Waals surface area contributed by atoms with Crippen molar-refractivity contribution in [3.8, 4) is 0 Å². The number of fused-ring (bicyclic) bond motifs is 1. The van der Waals surface area contributed by atoms with Crippen molar-refractivity contribution in [3.05, 3.63) is 49.8 Å². The normalized spacial score (nSPS) is 14.3. The number of amides is 1. The second-order valence-corrected chi connectivity index (χ2v) is 9.14. The smallest absolute Gasteiger partial charge is 0.266 e. The van der Waals surface area contributed by atoms with Gasteiger partial charge in [-0.2, -0.15) is 11.8 Å². The van der Waals surface area contributed by atoms with Crippen molar-refractivity contribution in [3.63, 3.8) is 0 Å². The number of thioether (sulfide) groups is 1. The van der Waals surface area contributed by atoms with E-state index in [0.717, 1.165) is 5.69 Å².